The SMILES string of the molecule is Cc1ccc(C(N)Cc2ncnn2C)c(Br)c1. The van der Waals surface area contributed by atoms with Crippen LogP contribution in [0, 0.1) is 6.92 Å². The van der Waals surface area contributed by atoms with Crippen molar-refractivity contribution >= 4 is 15.9 Å². The highest BCUT2D eigenvalue weighted by Crippen LogP contribution is 2.25. The number of halogens is 1. The van der Waals surface area contributed by atoms with Gasteiger partial charge in [-0.1, -0.05) is 28.1 Å². The Bertz CT molecular complexity index is 521. The lowest BCUT2D eigenvalue weighted by atomic mass is 10.0. The quantitative estimate of drug-likeness (QED) is 0.943. The lowest BCUT2D eigenvalue weighted by molar-refractivity contribution is 0.628. The van der Waals surface area contributed by atoms with E-state index < -0.39 is 0 Å². The van der Waals surface area contributed by atoms with Crippen LogP contribution in [0.1, 0.15) is 23.0 Å². The van der Waals surface area contributed by atoms with Crippen molar-refractivity contribution in [2.75, 3.05) is 0 Å². The molecule has 5 heteroatoms. The summed E-state index contributed by atoms with van der Waals surface area (Å²) in [5.41, 5.74) is 8.51. The Hall–Kier alpha value is -1.20. The minimum atomic E-state index is -0.0760. The summed E-state index contributed by atoms with van der Waals surface area (Å²) in [6.45, 7) is 2.06. The molecule has 1 heterocycles. The van der Waals surface area contributed by atoms with Gasteiger partial charge in [0.15, 0.2) is 0 Å². The largest absolute Gasteiger partial charge is 0.324 e. The van der Waals surface area contributed by atoms with Crippen LogP contribution in [0.15, 0.2) is 29.0 Å². The van der Waals surface area contributed by atoms with Crippen molar-refractivity contribution in [3.05, 3.63) is 46.0 Å². The molecule has 1 aromatic heterocycles. The highest BCUT2D eigenvalue weighted by Gasteiger charge is 2.13. The van der Waals surface area contributed by atoms with Crippen LogP contribution < -0.4 is 5.73 Å². The van der Waals surface area contributed by atoms with Crippen LogP contribution in [-0.4, -0.2) is 14.8 Å². The number of hydrogen-bond donors (Lipinski definition) is 1. The monoisotopic (exact) mass is 294 g/mol. The number of nitrogens with zero attached hydrogens (tertiary/aromatic N) is 3. The number of benzene rings is 1. The van der Waals surface area contributed by atoms with Crippen LogP contribution in [0.3, 0.4) is 0 Å². The molecular formula is C12H15BrN4. The molecule has 0 bridgehead atoms. The molecule has 2 rings (SSSR count). The third kappa shape index (κ3) is 2.73. The van der Waals surface area contributed by atoms with Crippen LogP contribution in [0.2, 0.25) is 0 Å². The minimum absolute atomic E-state index is 0.0760. The molecule has 0 aliphatic rings. The Morgan fingerprint density at radius 3 is 2.82 bits per heavy atom. The van der Waals surface area contributed by atoms with Crippen molar-refractivity contribution < 1.29 is 0 Å². The Labute approximate surface area is 109 Å². The zero-order valence-corrected chi connectivity index (χ0v) is 11.5. The van der Waals surface area contributed by atoms with Gasteiger partial charge in [0, 0.05) is 24.0 Å². The number of hydrogen-bond acceptors (Lipinski definition) is 3. The standard InChI is InChI=1S/C12H15BrN4/c1-8-3-4-9(10(13)5-8)11(14)6-12-15-7-16-17(12)2/h3-5,7,11H,6,14H2,1-2H3. The first-order valence-electron chi connectivity index (χ1n) is 5.42. The van der Waals surface area contributed by atoms with Crippen molar-refractivity contribution in [1.29, 1.82) is 0 Å². The van der Waals surface area contributed by atoms with Gasteiger partial charge in [-0.05, 0) is 24.1 Å². The number of rotatable bonds is 3. The molecule has 1 aromatic carbocycles. The molecule has 2 aromatic rings. The van der Waals surface area contributed by atoms with Gasteiger partial charge in [-0.15, -0.1) is 0 Å². The number of nitrogens with two attached hydrogens (primary N) is 1. The van der Waals surface area contributed by atoms with E-state index in [1.54, 1.807) is 11.0 Å². The molecule has 1 atom stereocenters. The van der Waals surface area contributed by atoms with Crippen LogP contribution in [0.5, 0.6) is 0 Å². The van der Waals surface area contributed by atoms with Crippen molar-refractivity contribution in [1.82, 2.24) is 14.8 Å². The fraction of sp³-hybridized carbons (Fsp3) is 0.333. The zero-order valence-electron chi connectivity index (χ0n) is 9.89. The third-order valence-electron chi connectivity index (χ3n) is 2.76. The zero-order chi connectivity index (χ0) is 12.4. The van der Waals surface area contributed by atoms with E-state index in [-0.39, 0.29) is 6.04 Å². The normalized spacial score (nSPS) is 12.7. The van der Waals surface area contributed by atoms with Crippen LogP contribution in [0.25, 0.3) is 0 Å². The number of aromatic nitrogens is 3. The van der Waals surface area contributed by atoms with E-state index in [0.29, 0.717) is 6.42 Å². The van der Waals surface area contributed by atoms with Gasteiger partial charge in [-0.2, -0.15) is 5.10 Å². The molecule has 1 unspecified atom stereocenters. The summed E-state index contributed by atoms with van der Waals surface area (Å²) in [5.74, 6) is 0.893. The molecule has 0 aliphatic carbocycles. The molecule has 0 saturated carbocycles. The first-order chi connectivity index (χ1) is 8.08. The maximum absolute atomic E-state index is 6.19. The van der Waals surface area contributed by atoms with E-state index >= 15 is 0 Å². The first-order valence-corrected chi connectivity index (χ1v) is 6.21. The second kappa shape index (κ2) is 4.98. The average molecular weight is 295 g/mol. The molecule has 0 saturated heterocycles. The van der Waals surface area contributed by atoms with Crippen molar-refractivity contribution in [3.8, 4) is 0 Å². The number of aryl methyl sites for hydroxylation is 2. The van der Waals surface area contributed by atoms with Crippen LogP contribution in [-0.2, 0) is 13.5 Å². The summed E-state index contributed by atoms with van der Waals surface area (Å²) in [4.78, 5) is 4.19. The van der Waals surface area contributed by atoms with Gasteiger partial charge in [0.1, 0.15) is 12.2 Å². The lowest BCUT2D eigenvalue weighted by Gasteiger charge is -2.13. The molecule has 0 spiro atoms. The molecule has 0 aliphatic heterocycles. The third-order valence-corrected chi connectivity index (χ3v) is 3.45. The molecule has 0 radical (unpaired) electrons. The fourth-order valence-corrected chi connectivity index (χ4v) is 2.53. The highest BCUT2D eigenvalue weighted by atomic mass is 79.9. The predicted octanol–water partition coefficient (Wildman–Crippen LogP) is 2.13. The summed E-state index contributed by atoms with van der Waals surface area (Å²) >= 11 is 3.55. The average Bonchev–Trinajstić information content (AvgIpc) is 2.64. The van der Waals surface area contributed by atoms with Gasteiger partial charge < -0.3 is 5.73 Å². The van der Waals surface area contributed by atoms with E-state index in [9.17, 15) is 0 Å². The van der Waals surface area contributed by atoms with Gasteiger partial charge in [0.2, 0.25) is 0 Å². The Morgan fingerprint density at radius 1 is 1.47 bits per heavy atom. The van der Waals surface area contributed by atoms with E-state index in [2.05, 4.69) is 51.1 Å². The molecule has 2 N–H and O–H groups in total. The summed E-state index contributed by atoms with van der Waals surface area (Å²) < 4.78 is 2.80. The van der Waals surface area contributed by atoms with E-state index in [1.807, 2.05) is 7.05 Å². The Kier molecular flexibility index (Phi) is 3.59. The van der Waals surface area contributed by atoms with Crippen molar-refractivity contribution in [3.63, 3.8) is 0 Å². The van der Waals surface area contributed by atoms with Gasteiger partial charge in [-0.3, -0.25) is 4.68 Å². The summed E-state index contributed by atoms with van der Waals surface area (Å²) in [5, 5.41) is 4.04. The van der Waals surface area contributed by atoms with Crippen LogP contribution >= 0.6 is 15.9 Å². The summed E-state index contributed by atoms with van der Waals surface area (Å²) in [6.07, 6.45) is 2.23. The topological polar surface area (TPSA) is 56.7 Å². The summed E-state index contributed by atoms with van der Waals surface area (Å²) in [6, 6.07) is 6.12. The maximum Gasteiger partial charge on any atom is 0.138 e. The second-order valence-electron chi connectivity index (χ2n) is 4.14. The van der Waals surface area contributed by atoms with Gasteiger partial charge >= 0.3 is 0 Å². The predicted molar refractivity (Wildman–Crippen MR) is 70.5 cm³/mol. The van der Waals surface area contributed by atoms with Gasteiger partial charge in [0.25, 0.3) is 0 Å². The smallest absolute Gasteiger partial charge is 0.138 e. The van der Waals surface area contributed by atoms with Crippen molar-refractivity contribution in [2.45, 2.75) is 19.4 Å². The lowest BCUT2D eigenvalue weighted by Crippen LogP contribution is -2.16. The van der Waals surface area contributed by atoms with E-state index in [4.69, 9.17) is 5.73 Å². The fourth-order valence-electron chi connectivity index (χ4n) is 1.74. The highest BCUT2D eigenvalue weighted by molar-refractivity contribution is 9.10. The maximum atomic E-state index is 6.19. The van der Waals surface area contributed by atoms with Gasteiger partial charge in [0.05, 0.1) is 0 Å². The second-order valence-corrected chi connectivity index (χ2v) is 4.99. The van der Waals surface area contributed by atoms with E-state index in [0.717, 1.165) is 15.9 Å². The summed E-state index contributed by atoms with van der Waals surface area (Å²) in [7, 11) is 1.87. The van der Waals surface area contributed by atoms with Gasteiger partial charge in [-0.25, -0.2) is 4.98 Å². The first kappa shape index (κ1) is 12.3. The Balaban J connectivity index is 2.20. The van der Waals surface area contributed by atoms with Crippen LogP contribution in [0.4, 0.5) is 0 Å². The van der Waals surface area contributed by atoms with Crippen molar-refractivity contribution in [2.24, 2.45) is 12.8 Å². The van der Waals surface area contributed by atoms with E-state index in [1.165, 1.54) is 5.56 Å². The molecule has 0 fully saturated rings. The Morgan fingerprint density at radius 2 is 2.24 bits per heavy atom. The minimum Gasteiger partial charge on any atom is -0.324 e. The molecule has 4 nitrogen and oxygen atoms in total. The molecular weight excluding hydrogens is 280 g/mol. The molecule has 90 valence electrons. The molecule has 17 heavy (non-hydrogen) atoms. The molecule has 0 amide bonds.